The van der Waals surface area contributed by atoms with Crippen molar-refractivity contribution >= 4 is 5.91 Å². The van der Waals surface area contributed by atoms with Crippen LogP contribution in [0.15, 0.2) is 24.3 Å². The molecule has 1 aliphatic rings. The molecule has 0 aliphatic carbocycles. The van der Waals surface area contributed by atoms with Gasteiger partial charge in [0.1, 0.15) is 0 Å². The predicted molar refractivity (Wildman–Crippen MR) is 71.9 cm³/mol. The van der Waals surface area contributed by atoms with Crippen molar-refractivity contribution in [3.05, 3.63) is 35.4 Å². The monoisotopic (exact) mass is 264 g/mol. The number of β-amino-alcohol motifs (C(OH)–C–C–N with tert-alkyl or cyclic N) is 1. The van der Waals surface area contributed by atoms with E-state index in [0.29, 0.717) is 25.3 Å². The Labute approximate surface area is 113 Å². The summed E-state index contributed by atoms with van der Waals surface area (Å²) in [6.45, 7) is 2.32. The highest BCUT2D eigenvalue weighted by molar-refractivity contribution is 5.94. The summed E-state index contributed by atoms with van der Waals surface area (Å²) < 4.78 is 5.04. The van der Waals surface area contributed by atoms with Crippen molar-refractivity contribution in [2.45, 2.75) is 12.7 Å². The van der Waals surface area contributed by atoms with Gasteiger partial charge in [0.15, 0.2) is 0 Å². The molecule has 0 saturated carbocycles. The van der Waals surface area contributed by atoms with Gasteiger partial charge in [-0.05, 0) is 17.7 Å². The Morgan fingerprint density at radius 1 is 1.53 bits per heavy atom. The summed E-state index contributed by atoms with van der Waals surface area (Å²) in [6, 6.07) is 7.36. The number of hydrogen-bond acceptors (Lipinski definition) is 4. The third-order valence-corrected chi connectivity index (χ3v) is 3.33. The number of rotatable bonds is 5. The molecule has 1 amide bonds. The van der Waals surface area contributed by atoms with E-state index in [2.05, 4.69) is 10.6 Å². The highest BCUT2D eigenvalue weighted by atomic mass is 16.5. The molecule has 2 unspecified atom stereocenters. The van der Waals surface area contributed by atoms with Crippen LogP contribution in [0.5, 0.6) is 0 Å². The molecule has 2 rings (SSSR count). The second kappa shape index (κ2) is 6.65. The Kier molecular flexibility index (Phi) is 4.90. The standard InChI is InChI=1S/C14H20N2O3/c1-19-9-10-3-2-4-11(5-10)14(18)16-7-12-6-15-8-13(12)17/h2-5,12-13,15,17H,6-9H2,1H3,(H,16,18). The van der Waals surface area contributed by atoms with Crippen LogP contribution in [0, 0.1) is 5.92 Å². The Balaban J connectivity index is 1.90. The summed E-state index contributed by atoms with van der Waals surface area (Å²) in [6.07, 6.45) is -0.375. The molecule has 104 valence electrons. The number of nitrogens with one attached hydrogen (secondary N) is 2. The van der Waals surface area contributed by atoms with Gasteiger partial charge < -0.3 is 20.5 Å². The topological polar surface area (TPSA) is 70.6 Å². The predicted octanol–water partition coefficient (Wildman–Crippen LogP) is 0.143. The highest BCUT2D eigenvalue weighted by Gasteiger charge is 2.25. The SMILES string of the molecule is COCc1cccc(C(=O)NCC2CNCC2O)c1. The number of aliphatic hydroxyl groups is 1. The van der Waals surface area contributed by atoms with Crippen LogP contribution in [-0.2, 0) is 11.3 Å². The van der Waals surface area contributed by atoms with E-state index in [9.17, 15) is 9.90 Å². The van der Waals surface area contributed by atoms with Gasteiger partial charge in [0.2, 0.25) is 0 Å². The van der Waals surface area contributed by atoms with Crippen molar-refractivity contribution in [3.8, 4) is 0 Å². The van der Waals surface area contributed by atoms with Crippen LogP contribution in [0.3, 0.4) is 0 Å². The van der Waals surface area contributed by atoms with Crippen LogP contribution < -0.4 is 10.6 Å². The number of carbonyl (C=O) groups is 1. The van der Waals surface area contributed by atoms with Crippen LogP contribution >= 0.6 is 0 Å². The number of carbonyl (C=O) groups excluding carboxylic acids is 1. The maximum absolute atomic E-state index is 12.0. The van der Waals surface area contributed by atoms with E-state index in [1.807, 2.05) is 18.2 Å². The molecule has 3 N–H and O–H groups in total. The van der Waals surface area contributed by atoms with Gasteiger partial charge in [-0.25, -0.2) is 0 Å². The minimum atomic E-state index is -0.375. The van der Waals surface area contributed by atoms with Crippen molar-refractivity contribution in [1.29, 1.82) is 0 Å². The summed E-state index contributed by atoms with van der Waals surface area (Å²) in [7, 11) is 1.63. The largest absolute Gasteiger partial charge is 0.391 e. The molecule has 1 aromatic rings. The van der Waals surface area contributed by atoms with Gasteiger partial charge in [0, 0.05) is 38.2 Å². The summed E-state index contributed by atoms with van der Waals surface area (Å²) >= 11 is 0. The van der Waals surface area contributed by atoms with Crippen LogP contribution in [-0.4, -0.2) is 43.9 Å². The maximum Gasteiger partial charge on any atom is 0.251 e. The number of hydrogen-bond donors (Lipinski definition) is 3. The van der Waals surface area contributed by atoms with Gasteiger partial charge in [0.05, 0.1) is 12.7 Å². The second-order valence-electron chi connectivity index (χ2n) is 4.83. The number of aliphatic hydroxyl groups excluding tert-OH is 1. The van der Waals surface area contributed by atoms with Gasteiger partial charge >= 0.3 is 0 Å². The van der Waals surface area contributed by atoms with E-state index in [1.165, 1.54) is 0 Å². The van der Waals surface area contributed by atoms with Crippen LogP contribution in [0.1, 0.15) is 15.9 Å². The maximum atomic E-state index is 12.0. The first kappa shape index (κ1) is 14.0. The fourth-order valence-corrected chi connectivity index (χ4v) is 2.22. The second-order valence-corrected chi connectivity index (χ2v) is 4.83. The third-order valence-electron chi connectivity index (χ3n) is 3.33. The lowest BCUT2D eigenvalue weighted by atomic mass is 10.1. The minimum Gasteiger partial charge on any atom is -0.391 e. The van der Waals surface area contributed by atoms with Gasteiger partial charge in [-0.3, -0.25) is 4.79 Å². The summed E-state index contributed by atoms with van der Waals surface area (Å²) in [4.78, 5) is 12.0. The zero-order valence-electron chi connectivity index (χ0n) is 11.1. The van der Waals surface area contributed by atoms with Gasteiger partial charge in [-0.15, -0.1) is 0 Å². The van der Waals surface area contributed by atoms with Crippen molar-refractivity contribution in [1.82, 2.24) is 10.6 Å². The fourth-order valence-electron chi connectivity index (χ4n) is 2.22. The van der Waals surface area contributed by atoms with E-state index in [-0.39, 0.29) is 17.9 Å². The lowest BCUT2D eigenvalue weighted by Gasteiger charge is -2.14. The molecule has 1 aromatic carbocycles. The highest BCUT2D eigenvalue weighted by Crippen LogP contribution is 2.09. The van der Waals surface area contributed by atoms with Gasteiger partial charge in [-0.1, -0.05) is 12.1 Å². The van der Waals surface area contributed by atoms with Crippen LogP contribution in [0.4, 0.5) is 0 Å². The van der Waals surface area contributed by atoms with E-state index < -0.39 is 0 Å². The number of methoxy groups -OCH3 is 1. The average Bonchev–Trinajstić information content (AvgIpc) is 2.82. The van der Waals surface area contributed by atoms with E-state index >= 15 is 0 Å². The summed E-state index contributed by atoms with van der Waals surface area (Å²) in [5, 5.41) is 15.6. The molecule has 2 atom stereocenters. The van der Waals surface area contributed by atoms with Crippen LogP contribution in [0.25, 0.3) is 0 Å². The molecule has 1 aliphatic heterocycles. The summed E-state index contributed by atoms with van der Waals surface area (Å²) in [5.74, 6) is -0.0249. The summed E-state index contributed by atoms with van der Waals surface area (Å²) in [5.41, 5.74) is 1.59. The van der Waals surface area contributed by atoms with Crippen molar-refractivity contribution in [3.63, 3.8) is 0 Å². The van der Waals surface area contributed by atoms with Crippen molar-refractivity contribution < 1.29 is 14.6 Å². The molecule has 0 radical (unpaired) electrons. The Hall–Kier alpha value is -1.43. The molecule has 5 nitrogen and oxygen atoms in total. The number of amides is 1. The lowest BCUT2D eigenvalue weighted by Crippen LogP contribution is -2.34. The molecule has 0 aromatic heterocycles. The zero-order chi connectivity index (χ0) is 13.7. The Morgan fingerprint density at radius 3 is 3.05 bits per heavy atom. The van der Waals surface area contributed by atoms with Gasteiger partial charge in [-0.2, -0.15) is 0 Å². The van der Waals surface area contributed by atoms with E-state index in [0.717, 1.165) is 12.1 Å². The molecule has 1 heterocycles. The Bertz CT molecular complexity index is 436. The zero-order valence-corrected chi connectivity index (χ0v) is 11.1. The molecule has 5 heteroatoms. The fraction of sp³-hybridized carbons (Fsp3) is 0.500. The smallest absolute Gasteiger partial charge is 0.251 e. The van der Waals surface area contributed by atoms with E-state index in [1.54, 1.807) is 13.2 Å². The number of benzene rings is 1. The lowest BCUT2D eigenvalue weighted by molar-refractivity contribution is 0.0926. The first-order chi connectivity index (χ1) is 9.20. The molecule has 1 fully saturated rings. The first-order valence-corrected chi connectivity index (χ1v) is 6.45. The molecule has 19 heavy (non-hydrogen) atoms. The molecular weight excluding hydrogens is 244 g/mol. The number of ether oxygens (including phenoxy) is 1. The van der Waals surface area contributed by atoms with Crippen LogP contribution in [0.2, 0.25) is 0 Å². The molecule has 0 bridgehead atoms. The minimum absolute atomic E-state index is 0.0890. The normalized spacial score (nSPS) is 22.4. The van der Waals surface area contributed by atoms with Crippen molar-refractivity contribution in [2.75, 3.05) is 26.7 Å². The van der Waals surface area contributed by atoms with Crippen molar-refractivity contribution in [2.24, 2.45) is 5.92 Å². The quantitative estimate of drug-likeness (QED) is 0.707. The van der Waals surface area contributed by atoms with Gasteiger partial charge in [0.25, 0.3) is 5.91 Å². The first-order valence-electron chi connectivity index (χ1n) is 6.45. The molecular formula is C14H20N2O3. The Morgan fingerprint density at radius 2 is 2.37 bits per heavy atom. The van der Waals surface area contributed by atoms with E-state index in [4.69, 9.17) is 4.74 Å². The average molecular weight is 264 g/mol. The molecule has 1 saturated heterocycles. The third kappa shape index (κ3) is 3.76. The molecule has 0 spiro atoms.